The zero-order valence-electron chi connectivity index (χ0n) is 11.2. The average Bonchev–Trinajstić information content (AvgIpc) is 2.82. The van der Waals surface area contributed by atoms with Crippen LogP contribution < -0.4 is 5.32 Å². The molecule has 1 aromatic carbocycles. The minimum atomic E-state index is 0.138. The van der Waals surface area contributed by atoms with Crippen LogP contribution in [-0.4, -0.2) is 19.6 Å². The zero-order valence-corrected chi connectivity index (χ0v) is 12.8. The molecule has 5 nitrogen and oxygen atoms in total. The van der Waals surface area contributed by atoms with E-state index in [1.807, 2.05) is 29.7 Å². The Morgan fingerprint density at radius 2 is 1.95 bits per heavy atom. The Morgan fingerprint density at radius 3 is 2.70 bits per heavy atom. The summed E-state index contributed by atoms with van der Waals surface area (Å²) >= 11 is 3.44. The number of benzene rings is 1. The van der Waals surface area contributed by atoms with Crippen LogP contribution in [-0.2, 0) is 0 Å². The van der Waals surface area contributed by atoms with Crippen molar-refractivity contribution in [3.05, 3.63) is 52.5 Å². The molecule has 1 atom stereocenters. The van der Waals surface area contributed by atoms with E-state index in [-0.39, 0.29) is 6.04 Å². The Morgan fingerprint density at radius 1 is 1.20 bits per heavy atom. The summed E-state index contributed by atoms with van der Waals surface area (Å²) < 4.78 is 2.99. The summed E-state index contributed by atoms with van der Waals surface area (Å²) in [5.74, 6) is 1.59. The molecule has 2 aromatic heterocycles. The fourth-order valence-corrected chi connectivity index (χ4v) is 2.35. The quantitative estimate of drug-likeness (QED) is 0.799. The number of rotatable bonds is 3. The van der Waals surface area contributed by atoms with E-state index in [9.17, 15) is 0 Å². The predicted octanol–water partition coefficient (Wildman–Crippen LogP) is 3.37. The molecule has 102 valence electrons. The molecule has 0 fully saturated rings. The molecule has 3 aromatic rings. The van der Waals surface area contributed by atoms with Gasteiger partial charge in [0.25, 0.3) is 0 Å². The van der Waals surface area contributed by atoms with Crippen LogP contribution in [0.25, 0.3) is 5.65 Å². The van der Waals surface area contributed by atoms with Gasteiger partial charge in [-0.15, -0.1) is 10.2 Å². The summed E-state index contributed by atoms with van der Waals surface area (Å²) in [5.41, 5.74) is 1.93. The summed E-state index contributed by atoms with van der Waals surface area (Å²) in [6, 6.07) is 8.36. The summed E-state index contributed by atoms with van der Waals surface area (Å²) in [4.78, 5) is 4.36. The highest BCUT2D eigenvalue weighted by molar-refractivity contribution is 9.10. The van der Waals surface area contributed by atoms with Gasteiger partial charge in [0.2, 0.25) is 5.65 Å². The maximum absolute atomic E-state index is 4.36. The molecule has 0 aliphatic heterocycles. The Hall–Kier alpha value is -1.95. The van der Waals surface area contributed by atoms with Crippen LogP contribution in [0.15, 0.2) is 41.1 Å². The number of halogens is 1. The fraction of sp³-hybridized carbons (Fsp3) is 0.214. The first-order valence-electron chi connectivity index (χ1n) is 6.33. The number of aryl methyl sites for hydroxylation is 1. The number of fused-ring (bicyclic) bond motifs is 1. The highest BCUT2D eigenvalue weighted by Gasteiger charge is 2.11. The topological polar surface area (TPSA) is 55.1 Å². The normalized spacial score (nSPS) is 12.6. The second kappa shape index (κ2) is 5.20. The first-order chi connectivity index (χ1) is 9.65. The van der Waals surface area contributed by atoms with Gasteiger partial charge in [0.1, 0.15) is 5.82 Å². The Labute approximate surface area is 125 Å². The Bertz CT molecular complexity index is 735. The molecule has 0 amide bonds. The van der Waals surface area contributed by atoms with Gasteiger partial charge >= 0.3 is 0 Å². The number of nitrogens with zero attached hydrogens (tertiary/aromatic N) is 4. The fourth-order valence-electron chi connectivity index (χ4n) is 2.08. The van der Waals surface area contributed by atoms with Crippen LogP contribution in [0.2, 0.25) is 0 Å². The van der Waals surface area contributed by atoms with Gasteiger partial charge in [-0.1, -0.05) is 28.1 Å². The molecular weight excluding hydrogens is 318 g/mol. The van der Waals surface area contributed by atoms with Gasteiger partial charge < -0.3 is 5.32 Å². The summed E-state index contributed by atoms with van der Waals surface area (Å²) in [7, 11) is 0. The zero-order chi connectivity index (χ0) is 14.1. The van der Waals surface area contributed by atoms with Gasteiger partial charge in [-0.2, -0.15) is 0 Å². The van der Waals surface area contributed by atoms with E-state index in [0.29, 0.717) is 0 Å². The highest BCUT2D eigenvalue weighted by atomic mass is 79.9. The molecule has 0 spiro atoms. The van der Waals surface area contributed by atoms with Crippen molar-refractivity contribution < 1.29 is 0 Å². The third-order valence-corrected chi connectivity index (χ3v) is 3.75. The van der Waals surface area contributed by atoms with Crippen LogP contribution in [0.4, 0.5) is 5.82 Å². The molecule has 0 saturated carbocycles. The van der Waals surface area contributed by atoms with E-state index in [1.165, 1.54) is 5.56 Å². The van der Waals surface area contributed by atoms with Gasteiger partial charge in [0.05, 0.1) is 6.04 Å². The largest absolute Gasteiger partial charge is 0.360 e. The number of anilines is 1. The molecule has 0 radical (unpaired) electrons. The molecule has 3 rings (SSSR count). The van der Waals surface area contributed by atoms with Crippen LogP contribution >= 0.6 is 15.9 Å². The standard InChI is InChI=1S/C14H14BrN5/c1-9(11-3-5-12(15)6-4-11)17-13-14-19-18-10(2)20(14)8-7-16-13/h3-9H,1-2H3,(H,16,17). The predicted molar refractivity (Wildman–Crippen MR) is 81.7 cm³/mol. The summed E-state index contributed by atoms with van der Waals surface area (Å²) in [6.45, 7) is 4.01. The van der Waals surface area contributed by atoms with E-state index in [0.717, 1.165) is 21.8 Å². The highest BCUT2D eigenvalue weighted by Crippen LogP contribution is 2.22. The number of hydrogen-bond acceptors (Lipinski definition) is 4. The van der Waals surface area contributed by atoms with Crippen molar-refractivity contribution in [2.45, 2.75) is 19.9 Å². The van der Waals surface area contributed by atoms with Crippen molar-refractivity contribution in [3.8, 4) is 0 Å². The molecule has 6 heteroatoms. The van der Waals surface area contributed by atoms with Crippen LogP contribution in [0.5, 0.6) is 0 Å². The van der Waals surface area contributed by atoms with E-state index in [4.69, 9.17) is 0 Å². The van der Waals surface area contributed by atoms with Gasteiger partial charge in [-0.3, -0.25) is 4.40 Å². The van der Waals surface area contributed by atoms with Crippen molar-refractivity contribution >= 4 is 27.4 Å². The Kier molecular flexibility index (Phi) is 3.40. The van der Waals surface area contributed by atoms with E-state index < -0.39 is 0 Å². The number of nitrogens with one attached hydrogen (secondary N) is 1. The third kappa shape index (κ3) is 2.38. The summed E-state index contributed by atoms with van der Waals surface area (Å²) in [6.07, 6.45) is 3.61. The summed E-state index contributed by atoms with van der Waals surface area (Å²) in [5, 5.41) is 11.6. The smallest absolute Gasteiger partial charge is 0.203 e. The van der Waals surface area contributed by atoms with Crippen molar-refractivity contribution in [3.63, 3.8) is 0 Å². The molecule has 20 heavy (non-hydrogen) atoms. The number of hydrogen-bond donors (Lipinski definition) is 1. The van der Waals surface area contributed by atoms with E-state index in [1.54, 1.807) is 6.20 Å². The first-order valence-corrected chi connectivity index (χ1v) is 7.13. The van der Waals surface area contributed by atoms with Crippen LogP contribution in [0.3, 0.4) is 0 Å². The minimum absolute atomic E-state index is 0.138. The second-order valence-corrected chi connectivity index (χ2v) is 5.55. The van der Waals surface area contributed by atoms with Crippen molar-refractivity contribution in [1.82, 2.24) is 19.6 Å². The molecular formula is C14H14BrN5. The van der Waals surface area contributed by atoms with Crippen LogP contribution in [0.1, 0.15) is 24.4 Å². The second-order valence-electron chi connectivity index (χ2n) is 4.63. The monoisotopic (exact) mass is 331 g/mol. The van der Waals surface area contributed by atoms with Crippen molar-refractivity contribution in [2.24, 2.45) is 0 Å². The molecule has 0 saturated heterocycles. The molecule has 1 N–H and O–H groups in total. The van der Waals surface area contributed by atoms with Gasteiger partial charge in [-0.05, 0) is 31.5 Å². The Balaban J connectivity index is 1.91. The molecule has 2 heterocycles. The maximum atomic E-state index is 4.36. The molecule has 0 bridgehead atoms. The lowest BCUT2D eigenvalue weighted by molar-refractivity contribution is 0.871. The van der Waals surface area contributed by atoms with Crippen molar-refractivity contribution in [1.29, 1.82) is 0 Å². The average molecular weight is 332 g/mol. The number of aromatic nitrogens is 4. The first kappa shape index (κ1) is 13.1. The van der Waals surface area contributed by atoms with Crippen molar-refractivity contribution in [2.75, 3.05) is 5.32 Å². The van der Waals surface area contributed by atoms with Gasteiger partial charge in [0, 0.05) is 16.9 Å². The molecule has 0 aliphatic rings. The lowest BCUT2D eigenvalue weighted by atomic mass is 10.1. The van der Waals surface area contributed by atoms with E-state index >= 15 is 0 Å². The van der Waals surface area contributed by atoms with Gasteiger partial charge in [0.15, 0.2) is 5.82 Å². The SMILES string of the molecule is Cc1nnc2c(NC(C)c3ccc(Br)cc3)nccn12. The molecule has 0 aliphatic carbocycles. The molecule has 1 unspecified atom stereocenters. The third-order valence-electron chi connectivity index (χ3n) is 3.22. The lowest BCUT2D eigenvalue weighted by Gasteiger charge is -2.15. The lowest BCUT2D eigenvalue weighted by Crippen LogP contribution is -2.09. The maximum Gasteiger partial charge on any atom is 0.203 e. The van der Waals surface area contributed by atoms with Crippen LogP contribution in [0, 0.1) is 6.92 Å². The van der Waals surface area contributed by atoms with E-state index in [2.05, 4.69) is 55.5 Å². The van der Waals surface area contributed by atoms with Gasteiger partial charge in [-0.25, -0.2) is 4.98 Å². The minimum Gasteiger partial charge on any atom is -0.360 e.